The van der Waals surface area contributed by atoms with Crippen LogP contribution in [0.25, 0.3) is 11.1 Å². The SMILES string of the molecule is C=C(C)C(=O)OCCOc1ccccc1-c1ccccc1OCCOC(=O)C(=C)C. The third-order valence-electron chi connectivity index (χ3n) is 3.91. The first kappa shape index (κ1) is 22.7. The molecule has 0 N–H and O–H groups in total. The number of rotatable bonds is 11. The third-order valence-corrected chi connectivity index (χ3v) is 3.91. The quantitative estimate of drug-likeness (QED) is 0.312. The summed E-state index contributed by atoms with van der Waals surface area (Å²) >= 11 is 0. The molecule has 2 rings (SSSR count). The molecule has 0 saturated heterocycles. The van der Waals surface area contributed by atoms with Crippen molar-refractivity contribution in [2.45, 2.75) is 13.8 Å². The average Bonchev–Trinajstić information content (AvgIpc) is 2.74. The normalized spacial score (nSPS) is 10.1. The molecule has 0 spiro atoms. The molecule has 158 valence electrons. The Morgan fingerprint density at radius 1 is 0.667 bits per heavy atom. The Labute approximate surface area is 176 Å². The van der Waals surface area contributed by atoms with E-state index in [0.29, 0.717) is 22.6 Å². The number of carbonyl (C=O) groups excluding carboxylic acids is 2. The molecule has 6 nitrogen and oxygen atoms in total. The lowest BCUT2D eigenvalue weighted by Gasteiger charge is -2.15. The van der Waals surface area contributed by atoms with Gasteiger partial charge in [0, 0.05) is 22.3 Å². The summed E-state index contributed by atoms with van der Waals surface area (Å²) in [5, 5.41) is 0. The predicted molar refractivity (Wildman–Crippen MR) is 114 cm³/mol. The van der Waals surface area contributed by atoms with Gasteiger partial charge in [-0.3, -0.25) is 0 Å². The molecule has 0 atom stereocenters. The summed E-state index contributed by atoms with van der Waals surface area (Å²) in [6.45, 7) is 10.9. The zero-order chi connectivity index (χ0) is 21.9. The highest BCUT2D eigenvalue weighted by atomic mass is 16.6. The van der Waals surface area contributed by atoms with E-state index in [1.54, 1.807) is 13.8 Å². The van der Waals surface area contributed by atoms with E-state index in [0.717, 1.165) is 11.1 Å². The summed E-state index contributed by atoms with van der Waals surface area (Å²) < 4.78 is 21.8. The standard InChI is InChI=1S/C24H26O6/c1-17(2)23(25)29-15-13-27-21-11-7-5-9-19(21)20-10-6-8-12-22(20)28-14-16-30-24(26)18(3)4/h5-12H,1,3,13-16H2,2,4H3. The molecule has 0 fully saturated rings. The monoisotopic (exact) mass is 410 g/mol. The molecule has 0 aliphatic rings. The molecule has 6 heteroatoms. The van der Waals surface area contributed by atoms with Crippen LogP contribution in [-0.4, -0.2) is 38.4 Å². The van der Waals surface area contributed by atoms with Crippen molar-refractivity contribution in [3.05, 3.63) is 72.8 Å². The van der Waals surface area contributed by atoms with Crippen LogP contribution in [0.15, 0.2) is 72.8 Å². The molecule has 0 radical (unpaired) electrons. The zero-order valence-corrected chi connectivity index (χ0v) is 17.3. The molecule has 0 aromatic heterocycles. The highest BCUT2D eigenvalue weighted by molar-refractivity contribution is 5.87. The van der Waals surface area contributed by atoms with Gasteiger partial charge in [-0.15, -0.1) is 0 Å². The Balaban J connectivity index is 2.03. The van der Waals surface area contributed by atoms with Crippen LogP contribution in [0.2, 0.25) is 0 Å². The number of hydrogen-bond donors (Lipinski definition) is 0. The van der Waals surface area contributed by atoms with E-state index in [2.05, 4.69) is 13.2 Å². The summed E-state index contributed by atoms with van der Waals surface area (Å²) in [5.74, 6) is 0.373. The van der Waals surface area contributed by atoms with Gasteiger partial charge < -0.3 is 18.9 Å². The first-order valence-corrected chi connectivity index (χ1v) is 9.49. The lowest BCUT2D eigenvalue weighted by Crippen LogP contribution is -2.13. The van der Waals surface area contributed by atoms with Crippen LogP contribution >= 0.6 is 0 Å². The topological polar surface area (TPSA) is 71.1 Å². The molecule has 0 aliphatic heterocycles. The Kier molecular flexibility index (Phi) is 8.69. The molecule has 0 unspecified atom stereocenters. The lowest BCUT2D eigenvalue weighted by atomic mass is 10.0. The fourth-order valence-corrected chi connectivity index (χ4v) is 2.45. The van der Waals surface area contributed by atoms with E-state index in [9.17, 15) is 9.59 Å². The van der Waals surface area contributed by atoms with Crippen molar-refractivity contribution in [1.82, 2.24) is 0 Å². The first-order valence-electron chi connectivity index (χ1n) is 9.49. The molecule has 0 bridgehead atoms. The molecule has 0 amide bonds. The van der Waals surface area contributed by atoms with E-state index in [-0.39, 0.29) is 26.4 Å². The van der Waals surface area contributed by atoms with E-state index in [1.807, 2.05) is 48.5 Å². The highest BCUT2D eigenvalue weighted by Crippen LogP contribution is 2.36. The number of ether oxygens (including phenoxy) is 4. The van der Waals surface area contributed by atoms with Crippen molar-refractivity contribution >= 4 is 11.9 Å². The summed E-state index contributed by atoms with van der Waals surface area (Å²) in [5.41, 5.74) is 2.35. The molecule has 30 heavy (non-hydrogen) atoms. The molecule has 0 saturated carbocycles. The fraction of sp³-hybridized carbons (Fsp3) is 0.250. The lowest BCUT2D eigenvalue weighted by molar-refractivity contribution is -0.140. The highest BCUT2D eigenvalue weighted by Gasteiger charge is 2.12. The molecular formula is C24H26O6. The van der Waals surface area contributed by atoms with Crippen LogP contribution in [0.5, 0.6) is 11.5 Å². The van der Waals surface area contributed by atoms with Crippen molar-refractivity contribution in [2.75, 3.05) is 26.4 Å². The predicted octanol–water partition coefficient (Wildman–Crippen LogP) is 4.35. The van der Waals surface area contributed by atoms with Crippen LogP contribution < -0.4 is 9.47 Å². The molecule has 2 aromatic rings. The van der Waals surface area contributed by atoms with E-state index >= 15 is 0 Å². The van der Waals surface area contributed by atoms with Crippen molar-refractivity contribution in [1.29, 1.82) is 0 Å². The number of para-hydroxylation sites is 2. The van der Waals surface area contributed by atoms with Gasteiger partial charge >= 0.3 is 11.9 Å². The van der Waals surface area contributed by atoms with Gasteiger partial charge in [-0.25, -0.2) is 9.59 Å². The third kappa shape index (κ3) is 6.81. The summed E-state index contributed by atoms with van der Waals surface area (Å²) in [6.07, 6.45) is 0. The molecule has 0 aliphatic carbocycles. The fourth-order valence-electron chi connectivity index (χ4n) is 2.45. The summed E-state index contributed by atoms with van der Waals surface area (Å²) in [6, 6.07) is 15.0. The van der Waals surface area contributed by atoms with Crippen LogP contribution in [-0.2, 0) is 19.1 Å². The van der Waals surface area contributed by atoms with Gasteiger partial charge in [0.1, 0.15) is 37.9 Å². The molecule has 0 heterocycles. The first-order chi connectivity index (χ1) is 14.4. The van der Waals surface area contributed by atoms with Gasteiger partial charge in [0.15, 0.2) is 0 Å². The Morgan fingerprint density at radius 2 is 1.03 bits per heavy atom. The van der Waals surface area contributed by atoms with Crippen LogP contribution in [0.3, 0.4) is 0 Å². The van der Waals surface area contributed by atoms with Crippen molar-refractivity contribution in [2.24, 2.45) is 0 Å². The van der Waals surface area contributed by atoms with Gasteiger partial charge in [-0.2, -0.15) is 0 Å². The van der Waals surface area contributed by atoms with Gasteiger partial charge in [0.05, 0.1) is 0 Å². The molecular weight excluding hydrogens is 384 g/mol. The van der Waals surface area contributed by atoms with Gasteiger partial charge in [0.2, 0.25) is 0 Å². The smallest absolute Gasteiger partial charge is 0.333 e. The molecule has 2 aromatic carbocycles. The Morgan fingerprint density at radius 3 is 1.40 bits per heavy atom. The Hall–Kier alpha value is -3.54. The number of benzene rings is 2. The minimum Gasteiger partial charge on any atom is -0.489 e. The Bertz CT molecular complexity index is 840. The average molecular weight is 410 g/mol. The zero-order valence-electron chi connectivity index (χ0n) is 17.3. The second kappa shape index (κ2) is 11.5. The minimum atomic E-state index is -0.446. The van der Waals surface area contributed by atoms with Crippen molar-refractivity contribution in [3.8, 4) is 22.6 Å². The van der Waals surface area contributed by atoms with Crippen LogP contribution in [0, 0.1) is 0 Å². The second-order valence-corrected chi connectivity index (χ2v) is 6.52. The maximum atomic E-state index is 11.5. The maximum absolute atomic E-state index is 11.5. The van der Waals surface area contributed by atoms with E-state index < -0.39 is 11.9 Å². The van der Waals surface area contributed by atoms with E-state index in [4.69, 9.17) is 18.9 Å². The minimum absolute atomic E-state index is 0.117. The largest absolute Gasteiger partial charge is 0.489 e. The second-order valence-electron chi connectivity index (χ2n) is 6.52. The number of esters is 2. The summed E-state index contributed by atoms with van der Waals surface area (Å²) in [7, 11) is 0. The van der Waals surface area contributed by atoms with Crippen molar-refractivity contribution in [3.63, 3.8) is 0 Å². The van der Waals surface area contributed by atoms with Crippen LogP contribution in [0.4, 0.5) is 0 Å². The maximum Gasteiger partial charge on any atom is 0.333 e. The van der Waals surface area contributed by atoms with Crippen molar-refractivity contribution < 1.29 is 28.5 Å². The number of hydrogen-bond acceptors (Lipinski definition) is 6. The van der Waals surface area contributed by atoms with Crippen LogP contribution in [0.1, 0.15) is 13.8 Å². The van der Waals surface area contributed by atoms with Gasteiger partial charge in [-0.1, -0.05) is 49.6 Å². The van der Waals surface area contributed by atoms with E-state index in [1.165, 1.54) is 0 Å². The number of carbonyl (C=O) groups is 2. The summed E-state index contributed by atoms with van der Waals surface area (Å²) in [4.78, 5) is 22.9. The van der Waals surface area contributed by atoms with Gasteiger partial charge in [0.25, 0.3) is 0 Å². The van der Waals surface area contributed by atoms with Gasteiger partial charge in [-0.05, 0) is 26.0 Å².